The molecule has 0 aromatic heterocycles. The fraction of sp³-hybridized carbons (Fsp3) is 0.391. The van der Waals surface area contributed by atoms with Crippen LogP contribution in [0.3, 0.4) is 0 Å². The van der Waals surface area contributed by atoms with E-state index in [-0.39, 0.29) is 41.6 Å². The molecule has 1 fully saturated rings. The second-order valence-corrected chi connectivity index (χ2v) is 10.5. The number of hydrogen-bond acceptors (Lipinski definition) is 5. The van der Waals surface area contributed by atoms with Gasteiger partial charge in [0, 0.05) is 36.3 Å². The standard InChI is InChI=1S/C23H26ClN3O5S/c1-14-11-16-12-18(6-7-20(16)27(14)23(29)15-3-4-15)33(30,31)25-10-9-22(28)26-17-5-8-21(32-2)19(24)13-17/h5-8,12-15,25H,3-4,9-11H2,1-2H3,(H,26,28)/t14-/m1/s1. The Labute approximate surface area is 198 Å². The van der Waals surface area contributed by atoms with Crippen LogP contribution in [0, 0.1) is 5.92 Å². The van der Waals surface area contributed by atoms with E-state index in [0.717, 1.165) is 24.1 Å². The van der Waals surface area contributed by atoms with Gasteiger partial charge in [0.25, 0.3) is 0 Å². The topological polar surface area (TPSA) is 105 Å². The van der Waals surface area contributed by atoms with Crippen molar-refractivity contribution in [2.75, 3.05) is 23.9 Å². The Hall–Kier alpha value is -2.62. The molecule has 1 saturated carbocycles. The maximum atomic E-state index is 12.7. The molecule has 33 heavy (non-hydrogen) atoms. The van der Waals surface area contributed by atoms with Crippen LogP contribution in [0.5, 0.6) is 5.75 Å². The molecule has 2 aromatic rings. The molecule has 1 aliphatic heterocycles. The van der Waals surface area contributed by atoms with Crippen LogP contribution in [0.2, 0.25) is 5.02 Å². The first kappa shape index (κ1) is 23.5. The van der Waals surface area contributed by atoms with Crippen LogP contribution < -0.4 is 19.7 Å². The number of carbonyl (C=O) groups excluding carboxylic acids is 2. The van der Waals surface area contributed by atoms with E-state index in [0.29, 0.717) is 22.9 Å². The van der Waals surface area contributed by atoms with Crippen molar-refractivity contribution in [3.63, 3.8) is 0 Å². The molecule has 2 aromatic carbocycles. The van der Waals surface area contributed by atoms with Crippen molar-refractivity contribution in [3.8, 4) is 5.75 Å². The van der Waals surface area contributed by atoms with E-state index in [1.165, 1.54) is 13.2 Å². The Kier molecular flexibility index (Phi) is 6.65. The van der Waals surface area contributed by atoms with Crippen molar-refractivity contribution in [1.29, 1.82) is 0 Å². The number of amides is 2. The van der Waals surface area contributed by atoms with Gasteiger partial charge in [0.1, 0.15) is 5.75 Å². The Morgan fingerprint density at radius 2 is 1.94 bits per heavy atom. The number of nitrogens with zero attached hydrogens (tertiary/aromatic N) is 1. The van der Waals surface area contributed by atoms with Gasteiger partial charge in [-0.2, -0.15) is 0 Å². The third-order valence-electron chi connectivity index (χ3n) is 5.82. The largest absolute Gasteiger partial charge is 0.495 e. The normalized spacial score (nSPS) is 17.5. The van der Waals surface area contributed by atoms with Crippen molar-refractivity contribution >= 4 is 44.8 Å². The summed E-state index contributed by atoms with van der Waals surface area (Å²) >= 11 is 6.05. The molecule has 0 spiro atoms. The van der Waals surface area contributed by atoms with E-state index in [1.807, 2.05) is 6.92 Å². The summed E-state index contributed by atoms with van der Waals surface area (Å²) in [4.78, 5) is 26.7. The summed E-state index contributed by atoms with van der Waals surface area (Å²) in [5, 5.41) is 3.04. The predicted octanol–water partition coefficient (Wildman–Crippen LogP) is 3.34. The molecule has 0 bridgehead atoms. The number of nitrogens with one attached hydrogen (secondary N) is 2. The highest BCUT2D eigenvalue weighted by Gasteiger charge is 2.39. The van der Waals surface area contributed by atoms with E-state index < -0.39 is 10.0 Å². The number of anilines is 2. The third-order valence-corrected chi connectivity index (χ3v) is 7.57. The van der Waals surface area contributed by atoms with Crippen LogP contribution in [0.15, 0.2) is 41.3 Å². The summed E-state index contributed by atoms with van der Waals surface area (Å²) in [5.41, 5.74) is 2.12. The monoisotopic (exact) mass is 491 g/mol. The lowest BCUT2D eigenvalue weighted by Gasteiger charge is -2.22. The highest BCUT2D eigenvalue weighted by molar-refractivity contribution is 7.89. The SMILES string of the molecule is COc1ccc(NC(=O)CCNS(=O)(=O)c2ccc3c(c2)C[C@@H](C)N3C(=O)C2CC2)cc1Cl. The number of carbonyl (C=O) groups is 2. The first-order valence-corrected chi connectivity index (χ1v) is 12.6. The summed E-state index contributed by atoms with van der Waals surface area (Å²) in [7, 11) is -2.30. The van der Waals surface area contributed by atoms with Gasteiger partial charge in [-0.25, -0.2) is 13.1 Å². The summed E-state index contributed by atoms with van der Waals surface area (Å²) in [5.74, 6) is 0.366. The quantitative estimate of drug-likeness (QED) is 0.589. The number of fused-ring (bicyclic) bond motifs is 1. The average Bonchev–Trinajstić information content (AvgIpc) is 3.55. The van der Waals surface area contributed by atoms with Crippen molar-refractivity contribution in [2.24, 2.45) is 5.92 Å². The van der Waals surface area contributed by atoms with Crippen LogP contribution in [-0.2, 0) is 26.0 Å². The van der Waals surface area contributed by atoms with Gasteiger partial charge in [-0.3, -0.25) is 9.59 Å². The first-order valence-electron chi connectivity index (χ1n) is 10.8. The van der Waals surface area contributed by atoms with E-state index in [4.69, 9.17) is 16.3 Å². The van der Waals surface area contributed by atoms with Gasteiger partial charge in [0.2, 0.25) is 21.8 Å². The second kappa shape index (κ2) is 9.32. The number of sulfonamides is 1. The van der Waals surface area contributed by atoms with Crippen molar-refractivity contribution in [1.82, 2.24) is 4.72 Å². The van der Waals surface area contributed by atoms with Gasteiger partial charge < -0.3 is 15.0 Å². The molecule has 10 heteroatoms. The van der Waals surface area contributed by atoms with E-state index in [9.17, 15) is 18.0 Å². The molecule has 2 N–H and O–H groups in total. The Morgan fingerprint density at radius 3 is 2.61 bits per heavy atom. The van der Waals surface area contributed by atoms with E-state index in [1.54, 1.807) is 35.2 Å². The lowest BCUT2D eigenvalue weighted by Crippen LogP contribution is -2.36. The maximum Gasteiger partial charge on any atom is 0.240 e. The van der Waals surface area contributed by atoms with Crippen LogP contribution in [0.25, 0.3) is 0 Å². The van der Waals surface area contributed by atoms with Crippen LogP contribution in [0.1, 0.15) is 31.7 Å². The van der Waals surface area contributed by atoms with E-state index >= 15 is 0 Å². The zero-order valence-electron chi connectivity index (χ0n) is 18.4. The van der Waals surface area contributed by atoms with Crippen molar-refractivity contribution in [3.05, 3.63) is 47.0 Å². The van der Waals surface area contributed by atoms with Crippen molar-refractivity contribution < 1.29 is 22.7 Å². The predicted molar refractivity (Wildman–Crippen MR) is 126 cm³/mol. The number of hydrogen-bond donors (Lipinski definition) is 2. The van der Waals surface area contributed by atoms with E-state index in [2.05, 4.69) is 10.0 Å². The van der Waals surface area contributed by atoms with Gasteiger partial charge in [0.05, 0.1) is 17.0 Å². The summed E-state index contributed by atoms with van der Waals surface area (Å²) in [6.07, 6.45) is 2.41. The number of methoxy groups -OCH3 is 1. The van der Waals surface area contributed by atoms with Crippen LogP contribution in [-0.4, -0.2) is 39.9 Å². The molecule has 2 aliphatic rings. The molecular formula is C23H26ClN3O5S. The fourth-order valence-electron chi connectivity index (χ4n) is 3.99. The first-order chi connectivity index (χ1) is 15.7. The third kappa shape index (κ3) is 5.15. The molecule has 176 valence electrons. The number of ether oxygens (including phenoxy) is 1. The molecule has 0 saturated heterocycles. The molecule has 8 nitrogen and oxygen atoms in total. The molecule has 1 atom stereocenters. The van der Waals surface area contributed by atoms with Gasteiger partial charge in [-0.1, -0.05) is 11.6 Å². The Morgan fingerprint density at radius 1 is 1.18 bits per heavy atom. The van der Waals surface area contributed by atoms with Crippen LogP contribution >= 0.6 is 11.6 Å². The highest BCUT2D eigenvalue weighted by atomic mass is 35.5. The fourth-order valence-corrected chi connectivity index (χ4v) is 5.33. The zero-order chi connectivity index (χ0) is 23.8. The smallest absolute Gasteiger partial charge is 0.240 e. The maximum absolute atomic E-state index is 12.7. The molecule has 1 heterocycles. The average molecular weight is 492 g/mol. The van der Waals surface area contributed by atoms with Gasteiger partial charge in [0.15, 0.2) is 0 Å². The van der Waals surface area contributed by atoms with Gasteiger partial charge in [-0.05, 0) is 68.1 Å². The molecular weight excluding hydrogens is 466 g/mol. The highest BCUT2D eigenvalue weighted by Crippen LogP contribution is 2.39. The van der Waals surface area contributed by atoms with Crippen LogP contribution in [0.4, 0.5) is 11.4 Å². The zero-order valence-corrected chi connectivity index (χ0v) is 20.0. The summed E-state index contributed by atoms with van der Waals surface area (Å²) < 4.78 is 33.0. The molecule has 2 amide bonds. The second-order valence-electron chi connectivity index (χ2n) is 8.37. The summed E-state index contributed by atoms with van der Waals surface area (Å²) in [6.45, 7) is 1.92. The van der Waals surface area contributed by atoms with Gasteiger partial charge >= 0.3 is 0 Å². The molecule has 4 rings (SSSR count). The minimum Gasteiger partial charge on any atom is -0.495 e. The molecule has 0 unspecified atom stereocenters. The molecule has 0 radical (unpaired) electrons. The lowest BCUT2D eigenvalue weighted by molar-refractivity contribution is -0.120. The number of halogens is 1. The minimum absolute atomic E-state index is 0.00849. The molecule has 1 aliphatic carbocycles. The number of benzene rings is 2. The number of rotatable bonds is 8. The minimum atomic E-state index is -3.80. The Balaban J connectivity index is 1.35. The summed E-state index contributed by atoms with van der Waals surface area (Å²) in [6, 6.07) is 9.68. The van der Waals surface area contributed by atoms with Gasteiger partial charge in [-0.15, -0.1) is 0 Å². The van der Waals surface area contributed by atoms with Crippen molar-refractivity contribution in [2.45, 2.75) is 43.5 Å². The lowest BCUT2D eigenvalue weighted by atomic mass is 10.1. The Bertz CT molecular complexity index is 1200.